The summed E-state index contributed by atoms with van der Waals surface area (Å²) < 4.78 is 0. The highest BCUT2D eigenvalue weighted by atomic mass is 35.5. The molecule has 0 amide bonds. The number of aromatic nitrogens is 1. The minimum absolute atomic E-state index is 0.205. The standard InChI is InChI=1S/C16H11Cl2NO2/c17-10-6-5-9(13(18)8-10)7-14-11-3-1-2-4-12(11)15(19-14)16(20)21/h1-6,8,17,19H,7H2/p+1. The van der Waals surface area contributed by atoms with Crippen molar-refractivity contribution in [3.63, 3.8) is 0 Å². The first kappa shape index (κ1) is 14.0. The molecule has 0 atom stereocenters. The number of halogens is 2. The summed E-state index contributed by atoms with van der Waals surface area (Å²) in [5.74, 6) is -0.968. The number of carbonyl (C=O) groups is 1. The van der Waals surface area contributed by atoms with Crippen LogP contribution in [0.4, 0.5) is 0 Å². The van der Waals surface area contributed by atoms with Gasteiger partial charge in [0.1, 0.15) is 5.69 Å². The SMILES string of the molecule is O=C(O)c1[nH]c(Cc2ccc([ClH+])cc2Cl)c2ccccc12. The second kappa shape index (κ2) is 5.43. The quantitative estimate of drug-likeness (QED) is 0.771. The van der Waals surface area contributed by atoms with Gasteiger partial charge < -0.3 is 10.1 Å². The van der Waals surface area contributed by atoms with Crippen LogP contribution >= 0.6 is 11.6 Å². The van der Waals surface area contributed by atoms with Crippen LogP contribution in [0.1, 0.15) is 21.7 Å². The number of carboxylic acid groups (broad SMARTS) is 1. The molecule has 0 aliphatic rings. The molecule has 0 aliphatic carbocycles. The van der Waals surface area contributed by atoms with Gasteiger partial charge in [0.05, 0.1) is 0 Å². The summed E-state index contributed by atoms with van der Waals surface area (Å²) in [6.07, 6.45) is 0.530. The molecule has 2 aromatic carbocycles. The molecule has 0 saturated carbocycles. The van der Waals surface area contributed by atoms with Gasteiger partial charge in [-0.05, 0) is 5.56 Å². The van der Waals surface area contributed by atoms with Crippen LogP contribution in [0.15, 0.2) is 42.5 Å². The number of benzene rings is 2. The number of nitrogens with one attached hydrogen (secondary N) is 1. The van der Waals surface area contributed by atoms with Crippen LogP contribution in [-0.2, 0) is 6.42 Å². The van der Waals surface area contributed by atoms with E-state index in [0.29, 0.717) is 21.9 Å². The summed E-state index contributed by atoms with van der Waals surface area (Å²) in [6.45, 7) is 0. The van der Waals surface area contributed by atoms with E-state index in [0.717, 1.165) is 16.6 Å². The third-order valence-corrected chi connectivity index (χ3v) is 4.01. The molecule has 3 nitrogen and oxygen atoms in total. The monoisotopic (exact) mass is 320 g/mol. The van der Waals surface area contributed by atoms with Crippen LogP contribution in [0, 0.1) is 11.6 Å². The Hall–Kier alpha value is -1.97. The summed E-state index contributed by atoms with van der Waals surface area (Å²) in [4.78, 5) is 14.3. The lowest BCUT2D eigenvalue weighted by molar-refractivity contribution is -0.288. The first-order valence-electron chi connectivity index (χ1n) is 6.34. The summed E-state index contributed by atoms with van der Waals surface area (Å²) in [6, 6.07) is 12.8. The van der Waals surface area contributed by atoms with Gasteiger partial charge in [0, 0.05) is 40.0 Å². The zero-order chi connectivity index (χ0) is 15.0. The molecule has 0 fully saturated rings. The van der Waals surface area contributed by atoms with Crippen molar-refractivity contribution in [1.82, 2.24) is 4.98 Å². The van der Waals surface area contributed by atoms with Crippen molar-refractivity contribution in [1.29, 1.82) is 0 Å². The van der Waals surface area contributed by atoms with E-state index in [4.69, 9.17) is 23.2 Å². The number of hydrogen-bond acceptors (Lipinski definition) is 1. The largest absolute Gasteiger partial charge is 0.477 e. The summed E-state index contributed by atoms with van der Waals surface area (Å²) in [7, 11) is 0. The van der Waals surface area contributed by atoms with E-state index in [9.17, 15) is 9.90 Å². The van der Waals surface area contributed by atoms with E-state index in [2.05, 4.69) is 4.98 Å². The van der Waals surface area contributed by atoms with E-state index in [-0.39, 0.29) is 5.69 Å². The average Bonchev–Trinajstić information content (AvgIpc) is 2.81. The number of carboxylic acids is 1. The van der Waals surface area contributed by atoms with Crippen molar-refractivity contribution in [2.24, 2.45) is 0 Å². The molecule has 0 radical (unpaired) electrons. The van der Waals surface area contributed by atoms with Crippen molar-refractivity contribution < 1.29 is 21.5 Å². The number of aromatic carboxylic acids is 1. The third-order valence-electron chi connectivity index (χ3n) is 3.40. The molecule has 21 heavy (non-hydrogen) atoms. The second-order valence-electron chi connectivity index (χ2n) is 4.76. The highest BCUT2D eigenvalue weighted by Crippen LogP contribution is 2.27. The first-order valence-corrected chi connectivity index (χ1v) is 7.13. The van der Waals surface area contributed by atoms with E-state index in [1.54, 1.807) is 12.1 Å². The van der Waals surface area contributed by atoms with Crippen molar-refractivity contribution in [2.75, 3.05) is 0 Å². The maximum Gasteiger partial charge on any atom is 0.352 e. The Kier molecular flexibility index (Phi) is 3.62. The highest BCUT2D eigenvalue weighted by molar-refractivity contribution is 6.31. The molecule has 2 N–H and O–H groups in total. The van der Waals surface area contributed by atoms with Gasteiger partial charge in [0.15, 0.2) is 11.6 Å². The molecule has 5 heteroatoms. The summed E-state index contributed by atoms with van der Waals surface area (Å²) >= 11 is 11.3. The van der Waals surface area contributed by atoms with Gasteiger partial charge in [-0.2, -0.15) is 0 Å². The zero-order valence-electron chi connectivity index (χ0n) is 10.9. The number of fused-ring (bicyclic) bond motifs is 1. The molecule has 0 spiro atoms. The lowest BCUT2D eigenvalue weighted by Gasteiger charge is -2.03. The van der Waals surface area contributed by atoms with Gasteiger partial charge >= 0.3 is 5.97 Å². The van der Waals surface area contributed by atoms with E-state index in [1.807, 2.05) is 30.3 Å². The molecular formula is C16H12Cl2NO2+. The van der Waals surface area contributed by atoms with E-state index >= 15 is 0 Å². The van der Waals surface area contributed by atoms with Gasteiger partial charge in [0.2, 0.25) is 5.02 Å². The molecule has 1 heterocycles. The zero-order valence-corrected chi connectivity index (χ0v) is 12.5. The lowest BCUT2D eigenvalue weighted by atomic mass is 10.1. The third kappa shape index (κ3) is 2.62. The fourth-order valence-electron chi connectivity index (χ4n) is 2.42. The van der Waals surface area contributed by atoms with Crippen LogP contribution in [0.3, 0.4) is 0 Å². The van der Waals surface area contributed by atoms with Gasteiger partial charge in [-0.15, -0.1) is 0 Å². The molecule has 0 unspecified atom stereocenters. The number of hydrogen-bond donors (Lipinski definition) is 2. The Morgan fingerprint density at radius 3 is 2.57 bits per heavy atom. The minimum Gasteiger partial charge on any atom is -0.477 e. The van der Waals surface area contributed by atoms with Gasteiger partial charge in [0.25, 0.3) is 0 Å². The van der Waals surface area contributed by atoms with Crippen LogP contribution in [0.5, 0.6) is 0 Å². The molecule has 3 rings (SSSR count). The molecule has 0 bridgehead atoms. The predicted molar refractivity (Wildman–Crippen MR) is 80.1 cm³/mol. The van der Waals surface area contributed by atoms with E-state index < -0.39 is 5.97 Å². The lowest BCUT2D eigenvalue weighted by Crippen LogP contribution is -1.98. The number of rotatable bonds is 3. The van der Waals surface area contributed by atoms with Crippen molar-refractivity contribution in [2.45, 2.75) is 6.42 Å². The smallest absolute Gasteiger partial charge is 0.352 e. The molecule has 0 aliphatic heterocycles. The summed E-state index contributed by atoms with van der Waals surface area (Å²) in [5.41, 5.74) is 1.95. The normalized spacial score (nSPS) is 11.0. The van der Waals surface area contributed by atoms with Gasteiger partial charge in [-0.3, -0.25) is 0 Å². The Morgan fingerprint density at radius 2 is 1.90 bits per heavy atom. The average molecular weight is 321 g/mol. The van der Waals surface area contributed by atoms with Crippen LogP contribution in [-0.4, -0.2) is 16.1 Å². The molecule has 3 aromatic rings. The second-order valence-corrected chi connectivity index (χ2v) is 5.64. The topological polar surface area (TPSA) is 53.1 Å². The molecule has 106 valence electrons. The fraction of sp³-hybridized carbons (Fsp3) is 0.0625. The van der Waals surface area contributed by atoms with Crippen LogP contribution < -0.4 is 0 Å². The fourth-order valence-corrected chi connectivity index (χ4v) is 2.92. The molecular weight excluding hydrogens is 309 g/mol. The molecule has 1 aromatic heterocycles. The Labute approximate surface area is 131 Å². The maximum atomic E-state index is 11.3. The highest BCUT2D eigenvalue weighted by Gasteiger charge is 2.16. The Balaban J connectivity index is 2.10. The van der Waals surface area contributed by atoms with E-state index in [1.165, 1.54) is 0 Å². The number of H-pyrrole nitrogens is 1. The maximum absolute atomic E-state index is 11.3. The predicted octanol–water partition coefficient (Wildman–Crippen LogP) is 3.81. The van der Waals surface area contributed by atoms with Crippen LogP contribution in [0.2, 0.25) is 10.0 Å². The minimum atomic E-state index is -0.968. The first-order chi connectivity index (χ1) is 10.1. The Bertz CT molecular complexity index is 839. The molecule has 0 saturated heterocycles. The van der Waals surface area contributed by atoms with Gasteiger partial charge in [-0.25, -0.2) is 4.79 Å². The Morgan fingerprint density at radius 1 is 1.19 bits per heavy atom. The van der Waals surface area contributed by atoms with Crippen molar-refractivity contribution in [3.05, 3.63) is 69.5 Å². The number of aromatic amines is 1. The van der Waals surface area contributed by atoms with Gasteiger partial charge in [-0.1, -0.05) is 41.9 Å². The van der Waals surface area contributed by atoms with Crippen LogP contribution in [0.25, 0.3) is 10.8 Å². The van der Waals surface area contributed by atoms with Crippen molar-refractivity contribution in [3.8, 4) is 0 Å². The summed E-state index contributed by atoms with van der Waals surface area (Å²) in [5, 5.41) is 12.2. The van der Waals surface area contributed by atoms with Crippen molar-refractivity contribution >= 4 is 28.3 Å².